The van der Waals surface area contributed by atoms with Crippen LogP contribution in [0, 0.1) is 0 Å². The number of carbonyl (C=O) groups excluding carboxylic acids is 3. The van der Waals surface area contributed by atoms with Crippen molar-refractivity contribution in [2.45, 2.75) is 290 Å². The van der Waals surface area contributed by atoms with Crippen LogP contribution in [0.5, 0.6) is 0 Å². The fourth-order valence-corrected chi connectivity index (χ4v) is 8.50. The molecule has 0 aromatic heterocycles. The molecule has 0 bridgehead atoms. The van der Waals surface area contributed by atoms with Gasteiger partial charge < -0.3 is 14.2 Å². The smallest absolute Gasteiger partial charge is 0.306 e. The number of esters is 3. The van der Waals surface area contributed by atoms with Crippen LogP contribution in [0.2, 0.25) is 0 Å². The van der Waals surface area contributed by atoms with Crippen LogP contribution in [0.3, 0.4) is 0 Å². The Hall–Kier alpha value is -4.19. The highest BCUT2D eigenvalue weighted by Gasteiger charge is 2.19. The largest absolute Gasteiger partial charge is 0.462 e. The van der Waals surface area contributed by atoms with Crippen LogP contribution < -0.4 is 0 Å². The predicted octanol–water partition coefficient (Wildman–Crippen LogP) is 21.6. The van der Waals surface area contributed by atoms with E-state index in [0.717, 1.165) is 148 Å². The molecule has 0 aliphatic carbocycles. The Kier molecular flexibility index (Phi) is 59.9. The number of rotatable bonds is 56. The standard InChI is InChI=1S/C70H116O6/c1-4-7-10-13-16-19-22-25-28-30-32-33-34-35-36-37-39-40-42-45-48-51-54-57-60-63-69(72)75-66-67(65-74-68(71)62-59-56-53-50-47-44-27-24-21-18-15-12-9-6-3)76-70(73)64-61-58-55-52-49-46-43-41-38-31-29-26-23-20-17-14-11-8-5-2/h7-8,10-11,15-20,24-29,32-33,38,41,67H,4-6,9,12-14,21-23,30-31,34-37,39-40,42-66H2,1-3H3/b10-7-,11-8-,18-15-,19-16-,20-17-,27-24-,28-25-,29-26-,33-32-,41-38-. The molecule has 0 rings (SSSR count). The number of ether oxygens (including phenoxy) is 3. The number of allylic oxidation sites excluding steroid dienone is 20. The fourth-order valence-electron chi connectivity index (χ4n) is 8.50. The first-order chi connectivity index (χ1) is 37.5. The Labute approximate surface area is 469 Å². The topological polar surface area (TPSA) is 78.9 Å². The molecule has 0 aromatic carbocycles. The van der Waals surface area contributed by atoms with Crippen molar-refractivity contribution in [3.63, 3.8) is 0 Å². The highest BCUT2D eigenvalue weighted by molar-refractivity contribution is 5.71. The van der Waals surface area contributed by atoms with Crippen LogP contribution in [-0.4, -0.2) is 37.2 Å². The second-order valence-corrected chi connectivity index (χ2v) is 20.5. The normalized spacial score (nSPS) is 12.9. The quantitative estimate of drug-likeness (QED) is 0.0261. The summed E-state index contributed by atoms with van der Waals surface area (Å²) in [6, 6.07) is 0. The van der Waals surface area contributed by atoms with Gasteiger partial charge in [0, 0.05) is 19.3 Å². The second kappa shape index (κ2) is 63.3. The molecule has 1 atom stereocenters. The number of hydrogen-bond acceptors (Lipinski definition) is 6. The molecule has 0 N–H and O–H groups in total. The zero-order valence-corrected chi connectivity index (χ0v) is 49.5. The van der Waals surface area contributed by atoms with Gasteiger partial charge in [-0.2, -0.15) is 0 Å². The van der Waals surface area contributed by atoms with Gasteiger partial charge in [-0.05, 0) is 122 Å². The maximum absolute atomic E-state index is 12.9. The van der Waals surface area contributed by atoms with E-state index in [0.29, 0.717) is 19.3 Å². The summed E-state index contributed by atoms with van der Waals surface area (Å²) in [5.74, 6) is -0.917. The molecule has 6 heteroatoms. The molecule has 0 saturated heterocycles. The molecule has 0 aliphatic heterocycles. The van der Waals surface area contributed by atoms with Gasteiger partial charge in [0.25, 0.3) is 0 Å². The first-order valence-electron chi connectivity index (χ1n) is 31.5. The third-order valence-corrected chi connectivity index (χ3v) is 13.2. The Morgan fingerprint density at radius 2 is 0.513 bits per heavy atom. The summed E-state index contributed by atoms with van der Waals surface area (Å²) >= 11 is 0. The summed E-state index contributed by atoms with van der Waals surface area (Å²) in [6.45, 7) is 6.36. The van der Waals surface area contributed by atoms with Crippen molar-refractivity contribution < 1.29 is 28.6 Å². The lowest BCUT2D eigenvalue weighted by Gasteiger charge is -2.18. The molecule has 0 aliphatic rings. The molecule has 0 heterocycles. The van der Waals surface area contributed by atoms with Crippen molar-refractivity contribution in [3.05, 3.63) is 122 Å². The van der Waals surface area contributed by atoms with E-state index >= 15 is 0 Å². The van der Waals surface area contributed by atoms with Crippen LogP contribution in [0.25, 0.3) is 0 Å². The molecule has 0 radical (unpaired) electrons. The van der Waals surface area contributed by atoms with E-state index in [2.05, 4.69) is 142 Å². The van der Waals surface area contributed by atoms with Crippen LogP contribution in [-0.2, 0) is 28.6 Å². The first-order valence-corrected chi connectivity index (χ1v) is 31.5. The van der Waals surface area contributed by atoms with Gasteiger partial charge in [0.05, 0.1) is 0 Å². The molecule has 1 unspecified atom stereocenters. The minimum atomic E-state index is -0.797. The third kappa shape index (κ3) is 60.7. The summed E-state index contributed by atoms with van der Waals surface area (Å²) in [5, 5.41) is 0. The van der Waals surface area contributed by atoms with E-state index in [4.69, 9.17) is 14.2 Å². The SMILES string of the molecule is CC/C=C\C/C=C\C/C=C\C/C=C\CCCCCCCCCCCCCCC(=O)OCC(COC(=O)CCCCCCC/C=C\C/C=C\CCCC)OC(=O)CCCCCCCC/C=C\C/C=C\C/C=C\C/C=C\CC. The van der Waals surface area contributed by atoms with Crippen molar-refractivity contribution in [3.8, 4) is 0 Å². The lowest BCUT2D eigenvalue weighted by Crippen LogP contribution is -2.30. The Balaban J connectivity index is 4.37. The van der Waals surface area contributed by atoms with Gasteiger partial charge in [0.2, 0.25) is 0 Å². The maximum Gasteiger partial charge on any atom is 0.306 e. The summed E-state index contributed by atoms with van der Waals surface area (Å²) in [6.07, 6.45) is 87.7. The van der Waals surface area contributed by atoms with E-state index in [1.54, 1.807) is 0 Å². The van der Waals surface area contributed by atoms with Gasteiger partial charge in [0.1, 0.15) is 13.2 Å². The number of carbonyl (C=O) groups is 3. The van der Waals surface area contributed by atoms with E-state index in [9.17, 15) is 14.4 Å². The maximum atomic E-state index is 12.9. The van der Waals surface area contributed by atoms with Crippen molar-refractivity contribution in [2.24, 2.45) is 0 Å². The molecule has 6 nitrogen and oxygen atoms in total. The molecule has 0 saturated carbocycles. The molecule has 0 spiro atoms. The average molecular weight is 1050 g/mol. The molecule has 432 valence electrons. The second-order valence-electron chi connectivity index (χ2n) is 20.5. The van der Waals surface area contributed by atoms with Crippen molar-refractivity contribution in [1.29, 1.82) is 0 Å². The summed E-state index contributed by atoms with van der Waals surface area (Å²) < 4.78 is 16.9. The molecule has 0 fully saturated rings. The van der Waals surface area contributed by atoms with Gasteiger partial charge in [-0.25, -0.2) is 0 Å². The van der Waals surface area contributed by atoms with Gasteiger partial charge in [0.15, 0.2) is 6.10 Å². The lowest BCUT2D eigenvalue weighted by molar-refractivity contribution is -0.167. The van der Waals surface area contributed by atoms with Crippen molar-refractivity contribution in [1.82, 2.24) is 0 Å². The molecular weight excluding hydrogens is 937 g/mol. The van der Waals surface area contributed by atoms with Crippen LogP contribution >= 0.6 is 0 Å². The zero-order chi connectivity index (χ0) is 55.0. The highest BCUT2D eigenvalue weighted by atomic mass is 16.6. The fraction of sp³-hybridized carbons (Fsp3) is 0.671. The van der Waals surface area contributed by atoms with E-state index in [1.807, 2.05) is 0 Å². The summed E-state index contributed by atoms with van der Waals surface area (Å²) in [7, 11) is 0. The minimum absolute atomic E-state index is 0.0913. The van der Waals surface area contributed by atoms with E-state index < -0.39 is 6.10 Å². The Bertz CT molecular complexity index is 1590. The monoisotopic (exact) mass is 1050 g/mol. The van der Waals surface area contributed by atoms with Gasteiger partial charge in [-0.15, -0.1) is 0 Å². The summed E-state index contributed by atoms with van der Waals surface area (Å²) in [4.78, 5) is 38.3. The Morgan fingerprint density at radius 1 is 0.276 bits per heavy atom. The highest BCUT2D eigenvalue weighted by Crippen LogP contribution is 2.15. The lowest BCUT2D eigenvalue weighted by atomic mass is 10.0. The Morgan fingerprint density at radius 3 is 0.803 bits per heavy atom. The molecular formula is C70H116O6. The van der Waals surface area contributed by atoms with Crippen LogP contribution in [0.4, 0.5) is 0 Å². The van der Waals surface area contributed by atoms with Crippen LogP contribution in [0.15, 0.2) is 122 Å². The van der Waals surface area contributed by atoms with E-state index in [-0.39, 0.29) is 31.1 Å². The van der Waals surface area contributed by atoms with Gasteiger partial charge in [-0.1, -0.05) is 264 Å². The zero-order valence-electron chi connectivity index (χ0n) is 49.5. The molecule has 0 amide bonds. The first kappa shape index (κ1) is 71.8. The minimum Gasteiger partial charge on any atom is -0.462 e. The van der Waals surface area contributed by atoms with Crippen molar-refractivity contribution >= 4 is 17.9 Å². The average Bonchev–Trinajstić information content (AvgIpc) is 3.42. The number of hydrogen-bond donors (Lipinski definition) is 0. The number of unbranched alkanes of at least 4 members (excludes halogenated alkanes) is 25. The molecule has 0 aromatic rings. The summed E-state index contributed by atoms with van der Waals surface area (Å²) in [5.41, 5.74) is 0. The van der Waals surface area contributed by atoms with E-state index in [1.165, 1.54) is 96.3 Å². The third-order valence-electron chi connectivity index (χ3n) is 13.2. The van der Waals surface area contributed by atoms with Gasteiger partial charge in [-0.3, -0.25) is 14.4 Å². The van der Waals surface area contributed by atoms with Crippen LogP contribution in [0.1, 0.15) is 284 Å². The van der Waals surface area contributed by atoms with Gasteiger partial charge >= 0.3 is 17.9 Å². The predicted molar refractivity (Wildman–Crippen MR) is 330 cm³/mol. The molecule has 76 heavy (non-hydrogen) atoms. The van der Waals surface area contributed by atoms with Crippen molar-refractivity contribution in [2.75, 3.05) is 13.2 Å².